The van der Waals surface area contributed by atoms with Crippen molar-refractivity contribution in [3.8, 4) is 17.2 Å². The van der Waals surface area contributed by atoms with Crippen molar-refractivity contribution >= 4 is 35.5 Å². The number of methoxy groups -OCH3 is 1. The molecule has 2 unspecified atom stereocenters. The minimum Gasteiger partial charge on any atom is -0.493 e. The number of hydrogen-bond acceptors (Lipinski definition) is 10. The van der Waals surface area contributed by atoms with Crippen molar-refractivity contribution < 1.29 is 43.3 Å². The smallest absolute Gasteiger partial charge is 0.331 e. The predicted octanol–water partition coefficient (Wildman–Crippen LogP) is 9.03. The first-order valence-corrected chi connectivity index (χ1v) is 19.0. The highest BCUT2D eigenvalue weighted by Crippen LogP contribution is 2.29. The van der Waals surface area contributed by atoms with Crippen LogP contribution in [0.3, 0.4) is 0 Å². The summed E-state index contributed by atoms with van der Waals surface area (Å²) in [5.74, 6) is 0.680. The fourth-order valence-corrected chi connectivity index (χ4v) is 5.66. The number of benzene rings is 3. The zero-order valence-corrected chi connectivity index (χ0v) is 32.9. The van der Waals surface area contributed by atoms with E-state index in [4.69, 9.17) is 30.5 Å². The molecule has 0 fully saturated rings. The Morgan fingerprint density at radius 2 is 1.71 bits per heavy atom. The Kier molecular flexibility index (Phi) is 20.4. The number of ether oxygens (including phenoxy) is 4. The van der Waals surface area contributed by atoms with Crippen LogP contribution in [-0.2, 0) is 37.2 Å². The number of amides is 1. The van der Waals surface area contributed by atoms with Crippen LogP contribution in [0.4, 0.5) is 0 Å². The highest BCUT2D eigenvalue weighted by atomic mass is 35.5. The number of unbranched alkanes of at least 4 members (excludes halogenated alkanes) is 1. The van der Waals surface area contributed by atoms with Gasteiger partial charge in [-0.05, 0) is 97.0 Å². The van der Waals surface area contributed by atoms with Gasteiger partial charge in [-0.3, -0.25) is 4.79 Å². The third kappa shape index (κ3) is 18.1. The lowest BCUT2D eigenvalue weighted by atomic mass is 9.87. The summed E-state index contributed by atoms with van der Waals surface area (Å²) in [6.07, 6.45) is 17.3. The molecule has 0 saturated carbocycles. The molecule has 0 bridgehead atoms. The summed E-state index contributed by atoms with van der Waals surface area (Å²) in [7, 11) is 1.42. The molecule has 0 saturated heterocycles. The first kappa shape index (κ1) is 44.8. The van der Waals surface area contributed by atoms with E-state index in [1.165, 1.54) is 25.3 Å². The molecule has 0 heterocycles. The molecule has 0 spiro atoms. The van der Waals surface area contributed by atoms with Crippen LogP contribution in [0.1, 0.15) is 75.5 Å². The molecule has 3 aromatic carbocycles. The van der Waals surface area contributed by atoms with Gasteiger partial charge >= 0.3 is 11.9 Å². The Balaban J connectivity index is 1.31. The fourth-order valence-electron chi connectivity index (χ4n) is 5.48. The first-order chi connectivity index (χ1) is 27.1. The summed E-state index contributed by atoms with van der Waals surface area (Å²) in [5.41, 5.74) is 1.90. The van der Waals surface area contributed by atoms with Gasteiger partial charge in [-0.25, -0.2) is 9.59 Å². The van der Waals surface area contributed by atoms with E-state index >= 15 is 0 Å². The highest BCUT2D eigenvalue weighted by molar-refractivity contribution is 6.30. The molecule has 300 valence electrons. The maximum Gasteiger partial charge on any atom is 0.331 e. The molecule has 3 rings (SSSR count). The number of nitrogens with one attached hydrogen (secondary N) is 1. The van der Waals surface area contributed by atoms with Crippen LogP contribution in [0.2, 0.25) is 5.02 Å². The molecule has 0 radical (unpaired) electrons. The molecule has 56 heavy (non-hydrogen) atoms. The second-order valence-corrected chi connectivity index (χ2v) is 13.4. The van der Waals surface area contributed by atoms with Gasteiger partial charge in [-0.1, -0.05) is 92.6 Å². The number of carbonyl (C=O) groups excluding carboxylic acids is 3. The van der Waals surface area contributed by atoms with E-state index in [0.717, 1.165) is 37.9 Å². The Bertz CT molecular complexity index is 1790. The summed E-state index contributed by atoms with van der Waals surface area (Å²) in [6.45, 7) is 4.61. The SMILES string of the molecule is CCCC(/C=C/CCOc1cccc(Cl)c1)C(C)C/C=C\CCCC(=O)NCC(=O)Oc1ccc(/C=C/C(=O)OCc2ccc(CO[N+](=O)[O-])cc2)cc1OC. The van der Waals surface area contributed by atoms with Crippen molar-refractivity contribution in [2.75, 3.05) is 20.3 Å². The van der Waals surface area contributed by atoms with E-state index in [1.54, 1.807) is 36.4 Å². The van der Waals surface area contributed by atoms with Crippen molar-refractivity contribution in [1.29, 1.82) is 0 Å². The lowest BCUT2D eigenvalue weighted by Crippen LogP contribution is -2.31. The Morgan fingerprint density at radius 3 is 2.43 bits per heavy atom. The van der Waals surface area contributed by atoms with Crippen LogP contribution in [-0.4, -0.2) is 43.2 Å². The molecule has 13 heteroatoms. The van der Waals surface area contributed by atoms with Crippen molar-refractivity contribution in [2.45, 2.75) is 72.0 Å². The van der Waals surface area contributed by atoms with Gasteiger partial charge in [0.2, 0.25) is 5.91 Å². The monoisotopic (exact) mass is 790 g/mol. The molecule has 1 N–H and O–H groups in total. The lowest BCUT2D eigenvalue weighted by molar-refractivity contribution is -0.763. The van der Waals surface area contributed by atoms with Crippen LogP contribution in [0.15, 0.2) is 97.1 Å². The zero-order chi connectivity index (χ0) is 40.5. The predicted molar refractivity (Wildman–Crippen MR) is 215 cm³/mol. The summed E-state index contributed by atoms with van der Waals surface area (Å²) in [4.78, 5) is 51.7. The summed E-state index contributed by atoms with van der Waals surface area (Å²) < 4.78 is 21.8. The van der Waals surface area contributed by atoms with Crippen molar-refractivity contribution in [2.24, 2.45) is 11.8 Å². The van der Waals surface area contributed by atoms with Crippen LogP contribution in [0, 0.1) is 22.0 Å². The number of rotatable bonds is 25. The van der Waals surface area contributed by atoms with Gasteiger partial charge in [-0.2, -0.15) is 0 Å². The average molecular weight is 791 g/mol. The molecule has 0 aliphatic heterocycles. The van der Waals surface area contributed by atoms with Gasteiger partial charge in [-0.15, -0.1) is 10.1 Å². The standard InChI is InChI=1S/C43H51ClN2O10/c1-4-12-36(14-9-10-26-53-38-16-11-15-37(44)28-38)32(2)13-7-5-6-8-17-41(47)45-29-43(49)56-39-24-22-33(27-40(39)52-3)23-25-42(48)54-30-34-18-20-35(21-19-34)31-55-46(50)51/h5,7,9,11,14-16,18-25,27-28,32,36H,4,6,8,10,12-13,17,26,29-31H2,1-3H3,(H,45,47)/b7-5-,14-9+,25-23+. The Morgan fingerprint density at radius 1 is 0.946 bits per heavy atom. The number of nitrogens with zero attached hydrogens (tertiary/aromatic N) is 1. The molecule has 2 atom stereocenters. The van der Waals surface area contributed by atoms with E-state index in [1.807, 2.05) is 24.3 Å². The Hall–Kier alpha value is -5.62. The van der Waals surface area contributed by atoms with E-state index < -0.39 is 17.0 Å². The van der Waals surface area contributed by atoms with E-state index in [2.05, 4.69) is 48.3 Å². The maximum atomic E-state index is 12.5. The van der Waals surface area contributed by atoms with Crippen LogP contribution in [0.25, 0.3) is 6.08 Å². The topological polar surface area (TPSA) is 153 Å². The second-order valence-electron chi connectivity index (χ2n) is 13.0. The van der Waals surface area contributed by atoms with Gasteiger partial charge in [0.15, 0.2) is 11.5 Å². The van der Waals surface area contributed by atoms with Gasteiger partial charge in [0.25, 0.3) is 5.09 Å². The van der Waals surface area contributed by atoms with Gasteiger partial charge < -0.3 is 29.1 Å². The second kappa shape index (κ2) is 25.5. The number of allylic oxidation sites excluding steroid dienone is 3. The van der Waals surface area contributed by atoms with Gasteiger partial charge in [0.05, 0.1) is 13.7 Å². The molecule has 0 aromatic heterocycles. The molecule has 12 nitrogen and oxygen atoms in total. The average Bonchev–Trinajstić information content (AvgIpc) is 3.19. The van der Waals surface area contributed by atoms with Crippen molar-refractivity contribution in [1.82, 2.24) is 5.32 Å². The first-order valence-electron chi connectivity index (χ1n) is 18.6. The van der Waals surface area contributed by atoms with E-state index in [-0.39, 0.29) is 43.6 Å². The van der Waals surface area contributed by atoms with Crippen LogP contribution >= 0.6 is 11.6 Å². The van der Waals surface area contributed by atoms with Crippen LogP contribution < -0.4 is 19.5 Å². The molecule has 0 aliphatic carbocycles. The molecule has 0 aliphatic rings. The minimum absolute atomic E-state index is 0.00814. The van der Waals surface area contributed by atoms with E-state index in [9.17, 15) is 24.5 Å². The summed E-state index contributed by atoms with van der Waals surface area (Å²) in [5, 5.41) is 12.7. The number of carbonyl (C=O) groups is 3. The molecular formula is C43H51ClN2O10. The molecular weight excluding hydrogens is 740 g/mol. The minimum atomic E-state index is -0.864. The third-order valence-electron chi connectivity index (χ3n) is 8.53. The number of halogens is 1. The Labute approximate surface area is 333 Å². The van der Waals surface area contributed by atoms with Gasteiger partial charge in [0, 0.05) is 17.5 Å². The quantitative estimate of drug-likeness (QED) is 0.0167. The maximum absolute atomic E-state index is 12.5. The lowest BCUT2D eigenvalue weighted by Gasteiger charge is -2.19. The fraction of sp³-hybridized carbons (Fsp3) is 0.372. The number of hydrogen-bond donors (Lipinski definition) is 1. The normalized spacial score (nSPS) is 12.4. The summed E-state index contributed by atoms with van der Waals surface area (Å²) in [6, 6.07) is 18.8. The zero-order valence-electron chi connectivity index (χ0n) is 32.2. The molecule has 1 amide bonds. The van der Waals surface area contributed by atoms with Crippen LogP contribution in [0.5, 0.6) is 17.2 Å². The highest BCUT2D eigenvalue weighted by Gasteiger charge is 2.14. The largest absolute Gasteiger partial charge is 0.493 e. The number of esters is 2. The van der Waals surface area contributed by atoms with Gasteiger partial charge in [0.1, 0.15) is 25.5 Å². The van der Waals surface area contributed by atoms with Crippen molar-refractivity contribution in [3.63, 3.8) is 0 Å². The molecule has 3 aromatic rings. The third-order valence-corrected chi connectivity index (χ3v) is 8.76. The summed E-state index contributed by atoms with van der Waals surface area (Å²) >= 11 is 6.02. The van der Waals surface area contributed by atoms with E-state index in [0.29, 0.717) is 46.6 Å². The van der Waals surface area contributed by atoms with Crippen molar-refractivity contribution in [3.05, 3.63) is 129 Å².